The van der Waals surface area contributed by atoms with Crippen molar-refractivity contribution in [1.82, 2.24) is 4.90 Å². The van der Waals surface area contributed by atoms with Crippen LogP contribution in [0.15, 0.2) is 42.5 Å². The van der Waals surface area contributed by atoms with Crippen LogP contribution in [0.3, 0.4) is 0 Å². The van der Waals surface area contributed by atoms with Gasteiger partial charge in [0.15, 0.2) is 0 Å². The maximum absolute atomic E-state index is 12.6. The molecule has 0 aliphatic carbocycles. The number of likely N-dealkylation sites (N-methyl/N-ethyl adjacent to an activating group) is 1. The number of methoxy groups -OCH3 is 1. The smallest absolute Gasteiger partial charge is 0.337 e. The molecule has 0 aromatic heterocycles. The fourth-order valence-corrected chi connectivity index (χ4v) is 2.60. The van der Waals surface area contributed by atoms with Crippen LogP contribution in [-0.2, 0) is 16.1 Å². The SMILES string of the molecule is COC(=O)c1ccc(CN(C)[C@H](C)C(=O)Nc2cc(C)ccc2C)cc1. The van der Waals surface area contributed by atoms with Gasteiger partial charge in [-0.15, -0.1) is 0 Å². The molecule has 138 valence electrons. The lowest BCUT2D eigenvalue weighted by atomic mass is 10.1. The average Bonchev–Trinajstić information content (AvgIpc) is 2.63. The Bertz CT molecular complexity index is 784. The molecule has 0 heterocycles. The summed E-state index contributed by atoms with van der Waals surface area (Å²) < 4.78 is 4.70. The Morgan fingerprint density at radius 3 is 2.38 bits per heavy atom. The quantitative estimate of drug-likeness (QED) is 0.806. The Balaban J connectivity index is 1.99. The fourth-order valence-electron chi connectivity index (χ4n) is 2.60. The Labute approximate surface area is 155 Å². The second-order valence-corrected chi connectivity index (χ2v) is 6.59. The Morgan fingerprint density at radius 2 is 1.77 bits per heavy atom. The van der Waals surface area contributed by atoms with E-state index in [1.165, 1.54) is 7.11 Å². The number of aryl methyl sites for hydroxylation is 2. The molecule has 2 aromatic rings. The molecule has 2 aromatic carbocycles. The molecule has 0 aliphatic rings. The summed E-state index contributed by atoms with van der Waals surface area (Å²) in [6.07, 6.45) is 0. The van der Waals surface area contributed by atoms with Crippen molar-refractivity contribution >= 4 is 17.6 Å². The van der Waals surface area contributed by atoms with E-state index in [-0.39, 0.29) is 17.9 Å². The number of carbonyl (C=O) groups excluding carboxylic acids is 2. The highest BCUT2D eigenvalue weighted by Crippen LogP contribution is 2.17. The van der Waals surface area contributed by atoms with Gasteiger partial charge in [0, 0.05) is 12.2 Å². The summed E-state index contributed by atoms with van der Waals surface area (Å²) in [6, 6.07) is 12.9. The third-order valence-corrected chi connectivity index (χ3v) is 4.50. The van der Waals surface area contributed by atoms with Gasteiger partial charge in [-0.3, -0.25) is 9.69 Å². The summed E-state index contributed by atoms with van der Waals surface area (Å²) in [7, 11) is 3.27. The maximum atomic E-state index is 12.6. The van der Waals surface area contributed by atoms with E-state index in [0.717, 1.165) is 22.4 Å². The van der Waals surface area contributed by atoms with Gasteiger partial charge < -0.3 is 10.1 Å². The number of ether oxygens (including phenoxy) is 1. The molecule has 0 aliphatic heterocycles. The van der Waals surface area contributed by atoms with Crippen molar-refractivity contribution in [2.75, 3.05) is 19.5 Å². The molecule has 1 N–H and O–H groups in total. The predicted molar refractivity (Wildman–Crippen MR) is 103 cm³/mol. The van der Waals surface area contributed by atoms with E-state index in [1.807, 2.05) is 63.1 Å². The van der Waals surface area contributed by atoms with E-state index in [1.54, 1.807) is 12.1 Å². The molecule has 2 rings (SSSR count). The fraction of sp³-hybridized carbons (Fsp3) is 0.333. The molecule has 0 bridgehead atoms. The van der Waals surface area contributed by atoms with Gasteiger partial charge in [0.2, 0.25) is 5.91 Å². The average molecular weight is 354 g/mol. The van der Waals surface area contributed by atoms with Gasteiger partial charge in [-0.25, -0.2) is 4.79 Å². The maximum Gasteiger partial charge on any atom is 0.337 e. The number of hydrogen-bond donors (Lipinski definition) is 1. The first-order valence-electron chi connectivity index (χ1n) is 8.57. The van der Waals surface area contributed by atoms with Crippen LogP contribution >= 0.6 is 0 Å². The van der Waals surface area contributed by atoms with Crippen LogP contribution in [0.25, 0.3) is 0 Å². The molecule has 0 saturated heterocycles. The number of esters is 1. The van der Waals surface area contributed by atoms with Gasteiger partial charge >= 0.3 is 5.97 Å². The first-order valence-corrected chi connectivity index (χ1v) is 8.57. The van der Waals surface area contributed by atoms with Crippen LogP contribution < -0.4 is 5.32 Å². The standard InChI is InChI=1S/C21H26N2O3/c1-14-6-7-15(2)19(12-14)22-20(24)16(3)23(4)13-17-8-10-18(11-9-17)21(25)26-5/h6-12,16H,13H2,1-5H3,(H,22,24)/t16-/m1/s1. The third kappa shape index (κ3) is 4.92. The number of amides is 1. The van der Waals surface area contributed by atoms with E-state index in [2.05, 4.69) is 5.32 Å². The van der Waals surface area contributed by atoms with Crippen molar-refractivity contribution in [3.63, 3.8) is 0 Å². The Hall–Kier alpha value is -2.66. The predicted octanol–water partition coefficient (Wildman–Crippen LogP) is 3.55. The van der Waals surface area contributed by atoms with Gasteiger partial charge in [0.25, 0.3) is 0 Å². The van der Waals surface area contributed by atoms with E-state index in [0.29, 0.717) is 12.1 Å². The molecule has 0 unspecified atom stereocenters. The van der Waals surface area contributed by atoms with Gasteiger partial charge in [0.05, 0.1) is 18.7 Å². The lowest BCUT2D eigenvalue weighted by molar-refractivity contribution is -0.120. The Kier molecular flexibility index (Phi) is 6.52. The van der Waals surface area contributed by atoms with Crippen LogP contribution in [0.4, 0.5) is 5.69 Å². The second kappa shape index (κ2) is 8.63. The second-order valence-electron chi connectivity index (χ2n) is 6.59. The van der Waals surface area contributed by atoms with Gasteiger partial charge in [0.1, 0.15) is 0 Å². The molecule has 1 amide bonds. The van der Waals surface area contributed by atoms with E-state index in [9.17, 15) is 9.59 Å². The molecule has 1 atom stereocenters. The third-order valence-electron chi connectivity index (χ3n) is 4.50. The number of rotatable bonds is 6. The van der Waals surface area contributed by atoms with Crippen LogP contribution in [0, 0.1) is 13.8 Å². The molecular weight excluding hydrogens is 328 g/mol. The molecule has 0 saturated carbocycles. The van der Waals surface area contributed by atoms with E-state index < -0.39 is 0 Å². The number of benzene rings is 2. The lowest BCUT2D eigenvalue weighted by Crippen LogP contribution is -2.39. The van der Waals surface area contributed by atoms with E-state index >= 15 is 0 Å². The molecule has 26 heavy (non-hydrogen) atoms. The van der Waals surface area contributed by atoms with Crippen LogP contribution in [0.2, 0.25) is 0 Å². The van der Waals surface area contributed by atoms with Crippen LogP contribution in [0.5, 0.6) is 0 Å². The van der Waals surface area contributed by atoms with Crippen LogP contribution in [-0.4, -0.2) is 37.0 Å². The summed E-state index contributed by atoms with van der Waals surface area (Å²) in [5, 5.41) is 3.01. The zero-order valence-electron chi connectivity index (χ0n) is 16.0. The number of nitrogens with one attached hydrogen (secondary N) is 1. The van der Waals surface area contributed by atoms with Crippen molar-refractivity contribution in [3.05, 3.63) is 64.7 Å². The normalized spacial score (nSPS) is 11.9. The lowest BCUT2D eigenvalue weighted by Gasteiger charge is -2.24. The molecule has 0 fully saturated rings. The minimum Gasteiger partial charge on any atom is -0.465 e. The van der Waals surface area contributed by atoms with Crippen molar-refractivity contribution in [1.29, 1.82) is 0 Å². The summed E-state index contributed by atoms with van der Waals surface area (Å²) in [5.74, 6) is -0.404. The summed E-state index contributed by atoms with van der Waals surface area (Å²) >= 11 is 0. The number of nitrogens with zero attached hydrogens (tertiary/aromatic N) is 1. The number of carbonyl (C=O) groups is 2. The topological polar surface area (TPSA) is 58.6 Å². The minimum atomic E-state index is -0.355. The molecule has 0 radical (unpaired) electrons. The van der Waals surface area contributed by atoms with Crippen molar-refractivity contribution < 1.29 is 14.3 Å². The van der Waals surface area contributed by atoms with Crippen molar-refractivity contribution in [2.45, 2.75) is 33.4 Å². The van der Waals surface area contributed by atoms with E-state index in [4.69, 9.17) is 4.74 Å². The van der Waals surface area contributed by atoms with Crippen molar-refractivity contribution in [2.24, 2.45) is 0 Å². The molecule has 5 heteroatoms. The van der Waals surface area contributed by atoms with Crippen molar-refractivity contribution in [3.8, 4) is 0 Å². The Morgan fingerprint density at radius 1 is 1.12 bits per heavy atom. The van der Waals surface area contributed by atoms with Gasteiger partial charge in [-0.1, -0.05) is 24.3 Å². The first-order chi connectivity index (χ1) is 12.3. The highest BCUT2D eigenvalue weighted by Gasteiger charge is 2.19. The first kappa shape index (κ1) is 19.7. The largest absolute Gasteiger partial charge is 0.465 e. The highest BCUT2D eigenvalue weighted by molar-refractivity contribution is 5.95. The van der Waals surface area contributed by atoms with Gasteiger partial charge in [-0.2, -0.15) is 0 Å². The summed E-state index contributed by atoms with van der Waals surface area (Å²) in [4.78, 5) is 26.0. The number of hydrogen-bond acceptors (Lipinski definition) is 4. The van der Waals surface area contributed by atoms with Crippen LogP contribution in [0.1, 0.15) is 34.0 Å². The highest BCUT2D eigenvalue weighted by atomic mass is 16.5. The van der Waals surface area contributed by atoms with Gasteiger partial charge in [-0.05, 0) is 62.7 Å². The molecule has 5 nitrogen and oxygen atoms in total. The number of anilines is 1. The monoisotopic (exact) mass is 354 g/mol. The zero-order chi connectivity index (χ0) is 19.3. The zero-order valence-corrected chi connectivity index (χ0v) is 16.0. The summed E-state index contributed by atoms with van der Waals surface area (Å²) in [5.41, 5.74) is 4.53. The molecular formula is C21H26N2O3. The molecule has 0 spiro atoms. The summed E-state index contributed by atoms with van der Waals surface area (Å²) in [6.45, 7) is 6.46. The minimum absolute atomic E-state index is 0.0487.